The monoisotopic (exact) mass is 247 g/mol. The summed E-state index contributed by atoms with van der Waals surface area (Å²) in [7, 11) is -3.02. The Morgan fingerprint density at radius 1 is 1.38 bits per heavy atom. The van der Waals surface area contributed by atoms with Gasteiger partial charge in [0.1, 0.15) is 0 Å². The number of nitrogens with one attached hydrogen (secondary N) is 1. The normalized spacial score (nSPS) is 20.5. The second-order valence-corrected chi connectivity index (χ2v) is 8.09. The van der Waals surface area contributed by atoms with Crippen LogP contribution in [0.25, 0.3) is 0 Å². The number of rotatable bonds is 6. The van der Waals surface area contributed by atoms with Crippen LogP contribution in [-0.2, 0) is 9.84 Å². The van der Waals surface area contributed by atoms with Gasteiger partial charge in [0, 0.05) is 12.3 Å². The van der Waals surface area contributed by atoms with E-state index in [-0.39, 0.29) is 6.04 Å². The van der Waals surface area contributed by atoms with Crippen LogP contribution in [0.1, 0.15) is 46.5 Å². The predicted octanol–water partition coefficient (Wildman–Crippen LogP) is 1.98. The highest BCUT2D eigenvalue weighted by Crippen LogP contribution is 2.36. The number of sulfone groups is 1. The van der Waals surface area contributed by atoms with Crippen LogP contribution in [0.2, 0.25) is 0 Å². The highest BCUT2D eigenvalue weighted by Gasteiger charge is 2.44. The maximum absolute atomic E-state index is 11.9. The van der Waals surface area contributed by atoms with Crippen LogP contribution in [-0.4, -0.2) is 32.0 Å². The third-order valence-electron chi connectivity index (χ3n) is 3.94. The van der Waals surface area contributed by atoms with Gasteiger partial charge in [-0.1, -0.05) is 13.3 Å². The van der Waals surface area contributed by atoms with E-state index in [2.05, 4.69) is 12.2 Å². The SMILES string of the molecule is CCCNC(C1CCC1)C(C)(C)S(C)(=O)=O. The molecule has 0 aromatic rings. The van der Waals surface area contributed by atoms with Gasteiger partial charge in [-0.3, -0.25) is 0 Å². The van der Waals surface area contributed by atoms with Gasteiger partial charge in [0.25, 0.3) is 0 Å². The zero-order chi connectivity index (χ0) is 12.4. The highest BCUT2D eigenvalue weighted by atomic mass is 32.2. The van der Waals surface area contributed by atoms with Gasteiger partial charge in [-0.25, -0.2) is 8.42 Å². The van der Waals surface area contributed by atoms with Crippen molar-refractivity contribution in [1.29, 1.82) is 0 Å². The summed E-state index contributed by atoms with van der Waals surface area (Å²) in [6.07, 6.45) is 5.98. The highest BCUT2D eigenvalue weighted by molar-refractivity contribution is 7.92. The van der Waals surface area contributed by atoms with Gasteiger partial charge in [0.05, 0.1) is 4.75 Å². The lowest BCUT2D eigenvalue weighted by molar-refractivity contribution is 0.198. The molecule has 1 rings (SSSR count). The molecule has 0 bridgehead atoms. The molecule has 16 heavy (non-hydrogen) atoms. The molecule has 4 heteroatoms. The van der Waals surface area contributed by atoms with Gasteiger partial charge < -0.3 is 5.32 Å². The average Bonchev–Trinajstić information content (AvgIpc) is 2.06. The van der Waals surface area contributed by atoms with Crippen molar-refractivity contribution in [2.45, 2.75) is 57.2 Å². The molecule has 0 aliphatic heterocycles. The maximum atomic E-state index is 11.9. The molecular weight excluding hydrogens is 222 g/mol. The summed E-state index contributed by atoms with van der Waals surface area (Å²) in [6, 6.07) is 0.108. The van der Waals surface area contributed by atoms with Crippen LogP contribution in [0.4, 0.5) is 0 Å². The van der Waals surface area contributed by atoms with Gasteiger partial charge >= 0.3 is 0 Å². The Hall–Kier alpha value is -0.0900. The summed E-state index contributed by atoms with van der Waals surface area (Å²) in [5, 5.41) is 3.44. The molecule has 1 N–H and O–H groups in total. The fourth-order valence-corrected chi connectivity index (χ4v) is 3.02. The third kappa shape index (κ3) is 2.77. The molecule has 0 heterocycles. The van der Waals surface area contributed by atoms with Gasteiger partial charge in [-0.2, -0.15) is 0 Å². The van der Waals surface area contributed by atoms with E-state index in [4.69, 9.17) is 0 Å². The maximum Gasteiger partial charge on any atom is 0.154 e. The molecule has 1 saturated carbocycles. The first-order valence-corrected chi connectivity index (χ1v) is 8.12. The molecule has 0 amide bonds. The molecular formula is C12H25NO2S. The number of hydrogen-bond acceptors (Lipinski definition) is 3. The largest absolute Gasteiger partial charge is 0.312 e. The summed E-state index contributed by atoms with van der Waals surface area (Å²) in [5.41, 5.74) is 0. The molecule has 0 aromatic heterocycles. The van der Waals surface area contributed by atoms with Crippen LogP contribution in [0, 0.1) is 5.92 Å². The zero-order valence-electron chi connectivity index (χ0n) is 10.9. The van der Waals surface area contributed by atoms with Crippen LogP contribution >= 0.6 is 0 Å². The summed E-state index contributed by atoms with van der Waals surface area (Å²) in [6.45, 7) is 6.72. The third-order valence-corrected chi connectivity index (χ3v) is 6.11. The molecule has 1 atom stereocenters. The lowest BCUT2D eigenvalue weighted by Crippen LogP contribution is -2.56. The lowest BCUT2D eigenvalue weighted by Gasteiger charge is -2.43. The molecule has 1 fully saturated rings. The molecule has 0 radical (unpaired) electrons. The summed E-state index contributed by atoms with van der Waals surface area (Å²) < 4.78 is 23.1. The van der Waals surface area contributed by atoms with Crippen molar-refractivity contribution in [1.82, 2.24) is 5.32 Å². The summed E-state index contributed by atoms with van der Waals surface area (Å²) in [4.78, 5) is 0. The summed E-state index contributed by atoms with van der Waals surface area (Å²) >= 11 is 0. The quantitative estimate of drug-likeness (QED) is 0.780. The van der Waals surface area contributed by atoms with E-state index in [9.17, 15) is 8.42 Å². The smallest absolute Gasteiger partial charge is 0.154 e. The van der Waals surface area contributed by atoms with Crippen molar-refractivity contribution >= 4 is 9.84 Å². The van der Waals surface area contributed by atoms with E-state index < -0.39 is 14.6 Å². The Morgan fingerprint density at radius 2 is 1.94 bits per heavy atom. The Bertz CT molecular complexity index is 318. The Labute approximate surface area is 99.9 Å². The zero-order valence-corrected chi connectivity index (χ0v) is 11.7. The standard InChI is InChI=1S/C12H25NO2S/c1-5-9-13-11(10-7-6-8-10)12(2,3)16(4,14)15/h10-11,13H,5-9H2,1-4H3. The van der Waals surface area contributed by atoms with E-state index in [1.165, 1.54) is 25.5 Å². The van der Waals surface area contributed by atoms with Gasteiger partial charge in [-0.15, -0.1) is 0 Å². The van der Waals surface area contributed by atoms with Crippen LogP contribution in [0.5, 0.6) is 0 Å². The predicted molar refractivity (Wildman–Crippen MR) is 68.3 cm³/mol. The van der Waals surface area contributed by atoms with E-state index in [1.54, 1.807) is 0 Å². The van der Waals surface area contributed by atoms with Crippen LogP contribution in [0.15, 0.2) is 0 Å². The molecule has 96 valence electrons. The molecule has 1 aliphatic carbocycles. The van der Waals surface area contributed by atoms with Crippen molar-refractivity contribution in [3.05, 3.63) is 0 Å². The van der Waals surface area contributed by atoms with Crippen molar-refractivity contribution in [2.75, 3.05) is 12.8 Å². The molecule has 3 nitrogen and oxygen atoms in total. The molecule has 1 aliphatic rings. The van der Waals surface area contributed by atoms with Crippen molar-refractivity contribution in [2.24, 2.45) is 5.92 Å². The van der Waals surface area contributed by atoms with Crippen molar-refractivity contribution in [3.8, 4) is 0 Å². The van der Waals surface area contributed by atoms with Crippen LogP contribution < -0.4 is 5.32 Å². The minimum atomic E-state index is -3.02. The molecule has 0 saturated heterocycles. The second-order valence-electron chi connectivity index (χ2n) is 5.50. The first-order chi connectivity index (χ1) is 7.30. The molecule has 0 aromatic carbocycles. The first-order valence-electron chi connectivity index (χ1n) is 6.23. The van der Waals surface area contributed by atoms with E-state index in [0.717, 1.165) is 13.0 Å². The van der Waals surface area contributed by atoms with Crippen molar-refractivity contribution < 1.29 is 8.42 Å². The van der Waals surface area contributed by atoms with Gasteiger partial charge in [-0.05, 0) is 45.6 Å². The average molecular weight is 247 g/mol. The van der Waals surface area contributed by atoms with E-state index in [1.807, 2.05) is 13.8 Å². The molecule has 1 unspecified atom stereocenters. The minimum Gasteiger partial charge on any atom is -0.312 e. The molecule has 0 spiro atoms. The fraction of sp³-hybridized carbons (Fsp3) is 1.00. The van der Waals surface area contributed by atoms with Gasteiger partial charge in [0.2, 0.25) is 0 Å². The Kier molecular flexibility index (Phi) is 4.41. The second kappa shape index (κ2) is 5.05. The number of hydrogen-bond donors (Lipinski definition) is 1. The van der Waals surface area contributed by atoms with E-state index >= 15 is 0 Å². The van der Waals surface area contributed by atoms with E-state index in [0.29, 0.717) is 5.92 Å². The summed E-state index contributed by atoms with van der Waals surface area (Å²) in [5.74, 6) is 0.538. The van der Waals surface area contributed by atoms with Gasteiger partial charge in [0.15, 0.2) is 9.84 Å². The Balaban J connectivity index is 2.82. The van der Waals surface area contributed by atoms with Crippen LogP contribution in [0.3, 0.4) is 0 Å². The topological polar surface area (TPSA) is 46.2 Å². The lowest BCUT2D eigenvalue weighted by atomic mass is 9.75. The minimum absolute atomic E-state index is 0.108. The Morgan fingerprint density at radius 3 is 2.25 bits per heavy atom. The fourth-order valence-electron chi connectivity index (χ4n) is 2.28. The van der Waals surface area contributed by atoms with Crippen molar-refractivity contribution in [3.63, 3.8) is 0 Å². The first kappa shape index (κ1) is 14.0.